The molecule has 0 aromatic heterocycles. The smallest absolute Gasteiger partial charge is 0.115 e. The molecular weight excluding hydrogens is 268 g/mol. The van der Waals surface area contributed by atoms with Crippen LogP contribution >= 0.6 is 0 Å². The summed E-state index contributed by atoms with van der Waals surface area (Å²) in [6, 6.07) is 7.57. The standard InChI is InChI=1S/C21H32O/c1-2-3-4-5-6-7-8-9-10-11-12-13-14-16-20-17-15-18-21(22)19-20/h7-8,11-12,15,17-19,22H,2-6,9-10,13-14,16H2,1H3/b8-7+,12-11+. The van der Waals surface area contributed by atoms with E-state index in [1.54, 1.807) is 6.07 Å². The molecule has 1 aromatic rings. The summed E-state index contributed by atoms with van der Waals surface area (Å²) in [4.78, 5) is 0. The Hall–Kier alpha value is -1.50. The molecule has 0 bridgehead atoms. The Morgan fingerprint density at radius 2 is 1.50 bits per heavy atom. The summed E-state index contributed by atoms with van der Waals surface area (Å²) in [6.07, 6.45) is 21.5. The molecule has 1 aromatic carbocycles. The third-order valence-electron chi connectivity index (χ3n) is 3.80. The van der Waals surface area contributed by atoms with E-state index in [1.807, 2.05) is 12.1 Å². The predicted molar refractivity (Wildman–Crippen MR) is 97.3 cm³/mol. The Morgan fingerprint density at radius 1 is 0.818 bits per heavy atom. The van der Waals surface area contributed by atoms with Gasteiger partial charge in [-0.05, 0) is 62.6 Å². The molecule has 122 valence electrons. The van der Waals surface area contributed by atoms with Gasteiger partial charge in [-0.1, -0.05) is 62.6 Å². The SMILES string of the molecule is CCCCCC/C=C/CC/C=C/CCCc1cccc(O)c1. The van der Waals surface area contributed by atoms with Crippen molar-refractivity contribution in [3.8, 4) is 5.75 Å². The second kappa shape index (κ2) is 13.2. The quantitative estimate of drug-likeness (QED) is 0.341. The van der Waals surface area contributed by atoms with Crippen molar-refractivity contribution in [2.45, 2.75) is 71.1 Å². The number of phenolic OH excluding ortho intramolecular Hbond substituents is 1. The van der Waals surface area contributed by atoms with E-state index in [4.69, 9.17) is 0 Å². The van der Waals surface area contributed by atoms with Crippen LogP contribution in [0.2, 0.25) is 0 Å². The van der Waals surface area contributed by atoms with E-state index in [0.717, 1.165) is 32.1 Å². The van der Waals surface area contributed by atoms with Crippen molar-refractivity contribution in [1.29, 1.82) is 0 Å². The van der Waals surface area contributed by atoms with Gasteiger partial charge in [0.1, 0.15) is 5.75 Å². The van der Waals surface area contributed by atoms with Gasteiger partial charge in [0.25, 0.3) is 0 Å². The summed E-state index contributed by atoms with van der Waals surface area (Å²) in [6.45, 7) is 2.26. The first-order valence-corrected chi connectivity index (χ1v) is 8.91. The lowest BCUT2D eigenvalue weighted by atomic mass is 10.1. The van der Waals surface area contributed by atoms with E-state index >= 15 is 0 Å². The highest BCUT2D eigenvalue weighted by Gasteiger charge is 1.93. The molecule has 1 heteroatoms. The molecule has 0 saturated carbocycles. The highest BCUT2D eigenvalue weighted by Crippen LogP contribution is 2.13. The van der Waals surface area contributed by atoms with Gasteiger partial charge in [-0.25, -0.2) is 0 Å². The molecule has 0 aliphatic rings. The van der Waals surface area contributed by atoms with Crippen molar-refractivity contribution in [2.24, 2.45) is 0 Å². The fourth-order valence-corrected chi connectivity index (χ4v) is 2.49. The monoisotopic (exact) mass is 300 g/mol. The van der Waals surface area contributed by atoms with Crippen LogP contribution in [0.5, 0.6) is 5.75 Å². The first-order chi connectivity index (χ1) is 10.8. The summed E-state index contributed by atoms with van der Waals surface area (Å²) in [7, 11) is 0. The number of aryl methyl sites for hydroxylation is 1. The summed E-state index contributed by atoms with van der Waals surface area (Å²) >= 11 is 0. The first-order valence-electron chi connectivity index (χ1n) is 8.91. The number of hydrogen-bond acceptors (Lipinski definition) is 1. The molecule has 1 N–H and O–H groups in total. The van der Waals surface area contributed by atoms with Gasteiger partial charge in [0.2, 0.25) is 0 Å². The lowest BCUT2D eigenvalue weighted by Crippen LogP contribution is -1.83. The Morgan fingerprint density at radius 3 is 2.18 bits per heavy atom. The van der Waals surface area contributed by atoms with Gasteiger partial charge in [0.05, 0.1) is 0 Å². The van der Waals surface area contributed by atoms with Gasteiger partial charge >= 0.3 is 0 Å². The molecular formula is C21H32O. The molecule has 1 nitrogen and oxygen atoms in total. The lowest BCUT2D eigenvalue weighted by Gasteiger charge is -2.00. The normalized spacial score (nSPS) is 11.7. The lowest BCUT2D eigenvalue weighted by molar-refractivity contribution is 0.474. The average Bonchev–Trinajstić information content (AvgIpc) is 2.52. The summed E-state index contributed by atoms with van der Waals surface area (Å²) in [5.41, 5.74) is 1.22. The second-order valence-corrected chi connectivity index (χ2v) is 5.93. The molecule has 0 aliphatic carbocycles. The summed E-state index contributed by atoms with van der Waals surface area (Å²) in [5, 5.41) is 9.40. The third-order valence-corrected chi connectivity index (χ3v) is 3.80. The molecule has 0 fully saturated rings. The maximum Gasteiger partial charge on any atom is 0.115 e. The minimum Gasteiger partial charge on any atom is -0.508 e. The van der Waals surface area contributed by atoms with E-state index < -0.39 is 0 Å². The van der Waals surface area contributed by atoms with Crippen LogP contribution < -0.4 is 0 Å². The van der Waals surface area contributed by atoms with Crippen LogP contribution in [0.15, 0.2) is 48.6 Å². The van der Waals surface area contributed by atoms with Gasteiger partial charge in [-0.2, -0.15) is 0 Å². The van der Waals surface area contributed by atoms with Gasteiger partial charge in [-0.3, -0.25) is 0 Å². The zero-order valence-corrected chi connectivity index (χ0v) is 14.1. The molecule has 1 rings (SSSR count). The van der Waals surface area contributed by atoms with E-state index in [9.17, 15) is 5.11 Å². The largest absolute Gasteiger partial charge is 0.508 e. The van der Waals surface area contributed by atoms with Crippen molar-refractivity contribution in [3.63, 3.8) is 0 Å². The van der Waals surface area contributed by atoms with Crippen molar-refractivity contribution >= 4 is 0 Å². The Kier molecular flexibility index (Phi) is 11.1. The fraction of sp³-hybridized carbons (Fsp3) is 0.524. The Bertz CT molecular complexity index is 431. The van der Waals surface area contributed by atoms with Crippen molar-refractivity contribution in [1.82, 2.24) is 0 Å². The summed E-state index contributed by atoms with van der Waals surface area (Å²) < 4.78 is 0. The highest BCUT2D eigenvalue weighted by molar-refractivity contribution is 5.27. The molecule has 0 saturated heterocycles. The molecule has 0 spiro atoms. The van der Waals surface area contributed by atoms with Crippen LogP contribution in [-0.2, 0) is 6.42 Å². The van der Waals surface area contributed by atoms with E-state index in [0.29, 0.717) is 5.75 Å². The van der Waals surface area contributed by atoms with E-state index in [1.165, 1.54) is 37.7 Å². The van der Waals surface area contributed by atoms with Crippen LogP contribution in [-0.4, -0.2) is 5.11 Å². The maximum absolute atomic E-state index is 9.40. The summed E-state index contributed by atoms with van der Waals surface area (Å²) in [5.74, 6) is 0.370. The maximum atomic E-state index is 9.40. The number of phenols is 1. The van der Waals surface area contributed by atoms with Gasteiger partial charge < -0.3 is 5.11 Å². The van der Waals surface area contributed by atoms with Crippen LogP contribution in [0.3, 0.4) is 0 Å². The molecule has 0 atom stereocenters. The minimum atomic E-state index is 0.370. The van der Waals surface area contributed by atoms with Gasteiger partial charge in [0, 0.05) is 0 Å². The number of aromatic hydroxyl groups is 1. The van der Waals surface area contributed by atoms with Gasteiger partial charge in [0.15, 0.2) is 0 Å². The second-order valence-electron chi connectivity index (χ2n) is 5.93. The van der Waals surface area contributed by atoms with Crippen LogP contribution in [0, 0.1) is 0 Å². The number of rotatable bonds is 12. The zero-order chi connectivity index (χ0) is 15.9. The predicted octanol–water partition coefficient (Wildman–Crippen LogP) is 6.58. The number of allylic oxidation sites excluding steroid dienone is 4. The molecule has 22 heavy (non-hydrogen) atoms. The van der Waals surface area contributed by atoms with E-state index in [-0.39, 0.29) is 0 Å². The van der Waals surface area contributed by atoms with Gasteiger partial charge in [-0.15, -0.1) is 0 Å². The number of hydrogen-bond donors (Lipinski definition) is 1. The van der Waals surface area contributed by atoms with E-state index in [2.05, 4.69) is 37.3 Å². The van der Waals surface area contributed by atoms with Crippen LogP contribution in [0.1, 0.15) is 70.3 Å². The molecule has 0 radical (unpaired) electrons. The first kappa shape index (κ1) is 18.5. The van der Waals surface area contributed by atoms with Crippen molar-refractivity contribution in [3.05, 3.63) is 54.1 Å². The Labute approximate surface area is 136 Å². The van der Waals surface area contributed by atoms with Crippen LogP contribution in [0.25, 0.3) is 0 Å². The molecule has 0 amide bonds. The third kappa shape index (κ3) is 10.3. The molecule has 0 unspecified atom stereocenters. The Balaban J connectivity index is 1.95. The molecule has 0 aliphatic heterocycles. The average molecular weight is 300 g/mol. The topological polar surface area (TPSA) is 20.2 Å². The number of benzene rings is 1. The fourth-order valence-electron chi connectivity index (χ4n) is 2.49. The molecule has 0 heterocycles. The minimum absolute atomic E-state index is 0.370. The highest BCUT2D eigenvalue weighted by atomic mass is 16.3. The van der Waals surface area contributed by atoms with Crippen molar-refractivity contribution in [2.75, 3.05) is 0 Å². The van der Waals surface area contributed by atoms with Crippen LogP contribution in [0.4, 0.5) is 0 Å². The number of unbranched alkanes of at least 4 members (excludes halogenated alkanes) is 6. The van der Waals surface area contributed by atoms with Crippen molar-refractivity contribution < 1.29 is 5.11 Å². The zero-order valence-electron chi connectivity index (χ0n) is 14.1.